The Morgan fingerprint density at radius 2 is 1.90 bits per heavy atom. The Kier molecular flexibility index (Phi) is 7.57. The molecule has 0 amide bonds. The quantitative estimate of drug-likeness (QED) is 0.158. The van der Waals surface area contributed by atoms with Crippen LogP contribution in [0.1, 0.15) is 30.9 Å². The van der Waals surface area contributed by atoms with Crippen molar-refractivity contribution in [2.24, 2.45) is 0 Å². The number of aromatic nitrogens is 6. The number of hydrogen-bond acceptors (Lipinski definition) is 13. The zero-order valence-corrected chi connectivity index (χ0v) is 22.1. The number of hydrogen-bond donors (Lipinski definition) is 6. The van der Waals surface area contributed by atoms with Gasteiger partial charge in [0.05, 0.1) is 31.7 Å². The first-order valence-corrected chi connectivity index (χ1v) is 14.3. The standard InChI is InChI=1S/C20H26N7O10PS/c1-8-4-26(20(32)25-17(8)30)13-2-9(29)12(36-13)6-34-38(33,39)37-10-3-14(35-11(10)5-28)27-7-22-15-16(27)23-19(21)24-18(15)31/h4,7,9-14,28-29H,2-3,5-6H2,1H3,(H,33,39)(H,25,30,32)(H3,21,23,24,31)/t9-,10-,11-,12-,13-,14-,38?/m1/s1. The highest BCUT2D eigenvalue weighted by Crippen LogP contribution is 2.49. The molecule has 5 heterocycles. The van der Waals surface area contributed by atoms with Crippen LogP contribution in [-0.4, -0.2) is 81.8 Å². The number of imidazole rings is 1. The minimum atomic E-state index is -3.93. The SMILES string of the molecule is Cc1cn([C@H]2C[C@@H](O)[C@@H](COP(O)(=S)O[C@@H]3C[C@H](n4cnc5c(=O)[nH]c(N)nc54)O[C@@H]3CO)O2)c(=O)[nH]c1=O. The molecular formula is C20H26N7O10PS. The molecule has 39 heavy (non-hydrogen) atoms. The number of nitrogen functional groups attached to an aromatic ring is 1. The smallest absolute Gasteiger partial charge is 0.330 e. The Balaban J connectivity index is 1.23. The highest BCUT2D eigenvalue weighted by molar-refractivity contribution is 8.07. The van der Waals surface area contributed by atoms with Crippen molar-refractivity contribution in [3.8, 4) is 0 Å². The van der Waals surface area contributed by atoms with Gasteiger partial charge in [0.2, 0.25) is 5.95 Å². The van der Waals surface area contributed by atoms with Gasteiger partial charge in [0, 0.05) is 24.6 Å². The van der Waals surface area contributed by atoms with E-state index < -0.39 is 67.0 Å². The van der Waals surface area contributed by atoms with E-state index in [-0.39, 0.29) is 42.1 Å². The largest absolute Gasteiger partial charge is 0.394 e. The first kappa shape index (κ1) is 27.8. The van der Waals surface area contributed by atoms with Crippen LogP contribution in [0.5, 0.6) is 0 Å². The number of nitrogens with zero attached hydrogens (tertiary/aromatic N) is 4. The van der Waals surface area contributed by atoms with Crippen LogP contribution in [0.4, 0.5) is 5.95 Å². The Morgan fingerprint density at radius 1 is 1.18 bits per heavy atom. The molecule has 0 aromatic carbocycles. The molecule has 7 N–H and O–H groups in total. The second-order valence-corrected chi connectivity index (χ2v) is 11.9. The highest BCUT2D eigenvalue weighted by atomic mass is 32.5. The Hall–Kier alpha value is -2.80. The summed E-state index contributed by atoms with van der Waals surface area (Å²) in [4.78, 5) is 59.2. The predicted molar refractivity (Wildman–Crippen MR) is 136 cm³/mol. The van der Waals surface area contributed by atoms with E-state index in [1.165, 1.54) is 24.0 Å². The number of aryl methyl sites for hydroxylation is 1. The molecule has 0 radical (unpaired) electrons. The van der Waals surface area contributed by atoms with Crippen LogP contribution in [0.3, 0.4) is 0 Å². The Morgan fingerprint density at radius 3 is 2.64 bits per heavy atom. The van der Waals surface area contributed by atoms with Gasteiger partial charge in [-0.15, -0.1) is 0 Å². The summed E-state index contributed by atoms with van der Waals surface area (Å²) in [6.07, 6.45) is -2.70. The average Bonchev–Trinajstić information content (AvgIpc) is 3.56. The van der Waals surface area contributed by atoms with E-state index in [0.717, 1.165) is 4.57 Å². The zero-order valence-electron chi connectivity index (χ0n) is 20.4. The predicted octanol–water partition coefficient (Wildman–Crippen LogP) is -1.89. The van der Waals surface area contributed by atoms with Crippen molar-refractivity contribution >= 4 is 35.6 Å². The number of H-pyrrole nitrogens is 2. The lowest BCUT2D eigenvalue weighted by Crippen LogP contribution is -2.33. The van der Waals surface area contributed by atoms with Crippen LogP contribution in [0.2, 0.25) is 0 Å². The third-order valence-electron chi connectivity index (χ3n) is 6.45. The fourth-order valence-corrected chi connectivity index (χ4v) is 5.98. The first-order valence-electron chi connectivity index (χ1n) is 11.8. The van der Waals surface area contributed by atoms with Crippen LogP contribution in [-0.2, 0) is 30.3 Å². The van der Waals surface area contributed by atoms with E-state index in [2.05, 4.69) is 19.9 Å². The minimum Gasteiger partial charge on any atom is -0.394 e. The summed E-state index contributed by atoms with van der Waals surface area (Å²) in [5.74, 6) is -0.114. The fourth-order valence-electron chi connectivity index (χ4n) is 4.51. The van der Waals surface area contributed by atoms with Crippen LogP contribution in [0.25, 0.3) is 11.2 Å². The minimum absolute atomic E-state index is 0.0273. The lowest BCUT2D eigenvalue weighted by Gasteiger charge is -2.24. The fraction of sp³-hybridized carbons (Fsp3) is 0.550. The first-order chi connectivity index (χ1) is 18.5. The Bertz CT molecular complexity index is 1600. The van der Waals surface area contributed by atoms with E-state index in [1.807, 2.05) is 0 Å². The third kappa shape index (κ3) is 5.60. The molecular weight excluding hydrogens is 561 g/mol. The molecule has 0 bridgehead atoms. The molecule has 212 valence electrons. The molecule has 5 rings (SSSR count). The van der Waals surface area contributed by atoms with Gasteiger partial charge in [0.1, 0.15) is 24.7 Å². The second kappa shape index (κ2) is 10.6. The molecule has 2 aliphatic rings. The van der Waals surface area contributed by atoms with Crippen LogP contribution in [0, 0.1) is 6.92 Å². The van der Waals surface area contributed by atoms with Gasteiger partial charge in [-0.3, -0.25) is 28.7 Å². The van der Waals surface area contributed by atoms with E-state index >= 15 is 0 Å². The van der Waals surface area contributed by atoms with E-state index in [1.54, 1.807) is 0 Å². The molecule has 2 aliphatic heterocycles. The summed E-state index contributed by atoms with van der Waals surface area (Å²) in [5, 5.41) is 20.2. The molecule has 2 saturated heterocycles. The summed E-state index contributed by atoms with van der Waals surface area (Å²) >= 11 is 5.14. The number of nitrogens with two attached hydrogens (primary N) is 1. The summed E-state index contributed by atoms with van der Waals surface area (Å²) in [6.45, 7) is -3.24. The number of anilines is 1. The van der Waals surface area contributed by atoms with Crippen molar-refractivity contribution in [2.45, 2.75) is 56.6 Å². The topological polar surface area (TPSA) is 242 Å². The van der Waals surface area contributed by atoms with Gasteiger partial charge in [-0.05, 0) is 18.7 Å². The van der Waals surface area contributed by atoms with Crippen molar-refractivity contribution in [1.29, 1.82) is 0 Å². The van der Waals surface area contributed by atoms with Crippen molar-refractivity contribution in [3.63, 3.8) is 0 Å². The van der Waals surface area contributed by atoms with Gasteiger partial charge in [-0.2, -0.15) is 4.98 Å². The molecule has 0 saturated carbocycles. The third-order valence-corrected chi connectivity index (χ3v) is 8.04. The lowest BCUT2D eigenvalue weighted by atomic mass is 10.2. The molecule has 19 heteroatoms. The zero-order chi connectivity index (χ0) is 28.1. The monoisotopic (exact) mass is 587 g/mol. The number of fused-ring (bicyclic) bond motifs is 1. The van der Waals surface area contributed by atoms with E-state index in [9.17, 15) is 29.5 Å². The summed E-state index contributed by atoms with van der Waals surface area (Å²) in [5.41, 5.74) is 4.39. The van der Waals surface area contributed by atoms with Gasteiger partial charge in [-0.25, -0.2) is 9.78 Å². The van der Waals surface area contributed by atoms with Gasteiger partial charge < -0.3 is 39.4 Å². The molecule has 3 aromatic heterocycles. The summed E-state index contributed by atoms with van der Waals surface area (Å²) in [6, 6.07) is 0. The van der Waals surface area contributed by atoms with E-state index in [4.69, 9.17) is 36.1 Å². The molecule has 3 aromatic rings. The highest BCUT2D eigenvalue weighted by Gasteiger charge is 2.42. The maximum Gasteiger partial charge on any atom is 0.330 e. The maximum atomic E-state index is 12.2. The number of rotatable bonds is 8. The van der Waals surface area contributed by atoms with Gasteiger partial charge in [0.15, 0.2) is 11.2 Å². The van der Waals surface area contributed by atoms with Crippen LogP contribution in [0.15, 0.2) is 26.9 Å². The van der Waals surface area contributed by atoms with Crippen LogP contribution >= 0.6 is 6.72 Å². The second-order valence-electron chi connectivity index (χ2n) is 9.14. The van der Waals surface area contributed by atoms with E-state index in [0.29, 0.717) is 0 Å². The lowest BCUT2D eigenvalue weighted by molar-refractivity contribution is -0.0521. The molecule has 2 fully saturated rings. The molecule has 0 aliphatic carbocycles. The normalized spacial score (nSPS) is 28.7. The van der Waals surface area contributed by atoms with Crippen molar-refractivity contribution < 1.29 is 33.6 Å². The number of aliphatic hydroxyl groups excluding tert-OH is 2. The van der Waals surface area contributed by atoms with Gasteiger partial charge >= 0.3 is 12.4 Å². The summed E-state index contributed by atoms with van der Waals surface area (Å²) < 4.78 is 25.2. The van der Waals surface area contributed by atoms with Crippen molar-refractivity contribution in [2.75, 3.05) is 18.9 Å². The van der Waals surface area contributed by atoms with Gasteiger partial charge in [-0.1, -0.05) is 0 Å². The average molecular weight is 588 g/mol. The number of ether oxygens (including phenoxy) is 2. The maximum absolute atomic E-state index is 12.2. The Labute approximate surface area is 223 Å². The van der Waals surface area contributed by atoms with Crippen molar-refractivity contribution in [1.82, 2.24) is 29.1 Å². The molecule has 0 spiro atoms. The molecule has 1 unspecified atom stereocenters. The number of aromatic amines is 2. The van der Waals surface area contributed by atoms with Crippen molar-refractivity contribution in [3.05, 3.63) is 49.3 Å². The molecule has 7 atom stereocenters. The summed E-state index contributed by atoms with van der Waals surface area (Å²) in [7, 11) is 0. The molecule has 17 nitrogen and oxygen atoms in total. The number of aliphatic hydroxyl groups is 2. The number of nitrogens with one attached hydrogen (secondary N) is 2. The van der Waals surface area contributed by atoms with Crippen LogP contribution < -0.4 is 22.5 Å². The van der Waals surface area contributed by atoms with Gasteiger partial charge in [0.25, 0.3) is 11.1 Å².